The average Bonchev–Trinajstić information content (AvgIpc) is 1.55. The van der Waals surface area contributed by atoms with Crippen LogP contribution >= 0.6 is 0 Å². The molecule has 6 nitrogen and oxygen atoms in total. The van der Waals surface area contributed by atoms with Crippen molar-refractivity contribution in [1.82, 2.24) is 23.1 Å². The molecule has 86 heavy (non-hydrogen) atoms. The van der Waals surface area contributed by atoms with Crippen molar-refractivity contribution in [2.24, 2.45) is 0 Å². The van der Waals surface area contributed by atoms with E-state index in [9.17, 15) is 0 Å². The molecule has 5 heterocycles. The first-order valence-corrected chi connectivity index (χ1v) is 30.8. The molecule has 15 aromatic rings. The van der Waals surface area contributed by atoms with E-state index >= 15 is 0 Å². The molecule has 15 rings (SSSR count). The van der Waals surface area contributed by atoms with E-state index in [2.05, 4.69) is 282 Å². The second-order valence-electron chi connectivity index (χ2n) is 26.2. The molecule has 10 aromatic carbocycles. The summed E-state index contributed by atoms with van der Waals surface area (Å²) in [4.78, 5) is 5.17. The molecule has 0 bridgehead atoms. The van der Waals surface area contributed by atoms with Crippen molar-refractivity contribution in [3.8, 4) is 62.1 Å². The molecule has 424 valence electrons. The molecule has 0 saturated heterocycles. The maximum atomic E-state index is 8.92. The Bertz CT molecular complexity index is 5380. The van der Waals surface area contributed by atoms with Gasteiger partial charge in [-0.3, -0.25) is 0 Å². The molecule has 0 saturated carbocycles. The van der Waals surface area contributed by atoms with Crippen molar-refractivity contribution in [3.05, 3.63) is 251 Å². The fourth-order valence-electron chi connectivity index (χ4n) is 13.1. The number of hydrogen-bond donors (Lipinski definition) is 0. The number of nitrogens with zero attached hydrogens (tertiary/aromatic N) is 5. The van der Waals surface area contributed by atoms with Crippen molar-refractivity contribution in [2.45, 2.75) is 85.4 Å². The summed E-state index contributed by atoms with van der Waals surface area (Å²) in [5.74, 6) is 1.81. The van der Waals surface area contributed by atoms with E-state index < -0.39 is 6.85 Å². The van der Waals surface area contributed by atoms with Gasteiger partial charge in [0.2, 0.25) is 0 Å². The normalized spacial score (nSPS) is 13.3. The number of benzene rings is 10. The van der Waals surface area contributed by atoms with Crippen molar-refractivity contribution in [1.29, 1.82) is 0 Å². The molecule has 0 aliphatic carbocycles. The molecule has 0 unspecified atom stereocenters. The van der Waals surface area contributed by atoms with Crippen LogP contribution in [0.4, 0.5) is 0 Å². The van der Waals surface area contributed by atoms with Crippen LogP contribution < -0.4 is 4.74 Å². The number of hydrogen-bond acceptors (Lipinski definition) is 2. The van der Waals surface area contributed by atoms with Crippen molar-refractivity contribution in [2.75, 3.05) is 0 Å². The summed E-state index contributed by atoms with van der Waals surface area (Å²) in [6, 6.07) is 77.6. The van der Waals surface area contributed by atoms with Crippen LogP contribution in [0.1, 0.15) is 88.7 Å². The number of fused-ring (bicyclic) bond motifs is 10. The molecule has 0 N–H and O–H groups in total. The number of ether oxygens (including phenoxy) is 1. The first-order valence-electron chi connectivity index (χ1n) is 31.2. The van der Waals surface area contributed by atoms with Crippen LogP contribution in [-0.2, 0) is 35.6 Å². The number of imidazole rings is 1. The number of pyridine rings is 1. The molecule has 7 heteroatoms. The van der Waals surface area contributed by atoms with Gasteiger partial charge in [0.05, 0.1) is 16.6 Å². The van der Waals surface area contributed by atoms with Gasteiger partial charge in [-0.2, -0.15) is 0 Å². The van der Waals surface area contributed by atoms with Gasteiger partial charge in [-0.1, -0.05) is 66.7 Å². The van der Waals surface area contributed by atoms with Crippen molar-refractivity contribution < 1.29 is 28.2 Å². The third kappa shape index (κ3) is 8.70. The molecule has 5 aromatic heterocycles. The van der Waals surface area contributed by atoms with Crippen LogP contribution in [0.25, 0.3) is 122 Å². The maximum absolute atomic E-state index is 8.92. The number of aryl methyl sites for hydroxylation is 1. The van der Waals surface area contributed by atoms with Gasteiger partial charge in [0.25, 0.3) is 0 Å². The molecule has 0 aliphatic rings. The van der Waals surface area contributed by atoms with E-state index in [1.54, 1.807) is 12.3 Å². The zero-order valence-electron chi connectivity index (χ0n) is 52.8. The van der Waals surface area contributed by atoms with E-state index in [-0.39, 0.29) is 21.8 Å². The molecule has 0 fully saturated rings. The number of para-hydroxylation sites is 5. The summed E-state index contributed by atoms with van der Waals surface area (Å²) >= 11 is 2.55. The standard InChI is InChI=1S/C79H67N5O.Pt/c1-49-37-74(80-47-67(49)51-25-15-12-16-26-51)83-71-44-57(35-36-62(71)65-45-66-64-31-22-30-63-61-27-17-18-32-68(61)84(76(63)64)73(66)46-72(65)83)85-58-42-55(79(8,9)10)41-56(43-58)81-48-82(70-34-20-19-33-69(70)81)75-59(50-23-13-11-14-24-50)28-21-29-60(75)52-38-53(77(2,3)4)40-54(39-52)78(5,6)7;/h11-47H,1-10H3;/i1D3;. The number of rotatable bonds is 8. The third-order valence-electron chi connectivity index (χ3n) is 17.6. The molecule has 0 aliphatic heterocycles. The van der Waals surface area contributed by atoms with E-state index in [0.29, 0.717) is 22.9 Å². The van der Waals surface area contributed by atoms with E-state index in [0.717, 1.165) is 92.3 Å². The summed E-state index contributed by atoms with van der Waals surface area (Å²) in [7, 11) is 0. The topological polar surface area (TPSA) is 41.3 Å². The molecule has 0 amide bonds. The van der Waals surface area contributed by atoms with Gasteiger partial charge >= 0.3 is 371 Å². The van der Waals surface area contributed by atoms with Crippen LogP contribution in [0.5, 0.6) is 11.5 Å². The molecular formula is C79H67N5OPt. The predicted molar refractivity (Wildman–Crippen MR) is 356 cm³/mol. The number of aromatic nitrogens is 5. The summed E-state index contributed by atoms with van der Waals surface area (Å²) < 4.78 is 44.4. The fourth-order valence-corrected chi connectivity index (χ4v) is 14.2. The van der Waals surface area contributed by atoms with Gasteiger partial charge in [-0.25, -0.2) is 0 Å². The van der Waals surface area contributed by atoms with Crippen molar-refractivity contribution in [3.63, 3.8) is 0 Å². The van der Waals surface area contributed by atoms with Crippen molar-refractivity contribution >= 4 is 70.9 Å². The minimum Gasteiger partial charge on any atom is -0.0622 e. The molecular weight excluding hydrogens is 1230 g/mol. The second kappa shape index (κ2) is 19.7. The van der Waals surface area contributed by atoms with E-state index in [4.69, 9.17) is 13.8 Å². The van der Waals surface area contributed by atoms with Gasteiger partial charge in [-0.05, 0) is 24.0 Å². The summed E-state index contributed by atoms with van der Waals surface area (Å²) in [5, 5.41) is 6.74. The Hall–Kier alpha value is -9.09. The minimum absolute atomic E-state index is 0.0786. The Kier molecular flexibility index (Phi) is 11.5. The molecule has 0 spiro atoms. The first-order chi connectivity index (χ1) is 42.6. The van der Waals surface area contributed by atoms with Crippen LogP contribution in [0.15, 0.2) is 225 Å². The van der Waals surface area contributed by atoms with Gasteiger partial charge < -0.3 is 4.40 Å². The first kappa shape index (κ1) is 50.3. The van der Waals surface area contributed by atoms with Crippen LogP contribution in [0.2, 0.25) is 0 Å². The zero-order valence-corrected chi connectivity index (χ0v) is 52.1. The Morgan fingerprint density at radius 1 is 0.395 bits per heavy atom. The van der Waals surface area contributed by atoms with Gasteiger partial charge in [0.1, 0.15) is 0 Å². The Morgan fingerprint density at radius 3 is 1.62 bits per heavy atom. The predicted octanol–water partition coefficient (Wildman–Crippen LogP) is 21.1. The average molecular weight is 1300 g/mol. The Labute approximate surface area is 517 Å². The monoisotopic (exact) mass is 1300 g/mol. The van der Waals surface area contributed by atoms with Crippen LogP contribution in [0.3, 0.4) is 0 Å². The van der Waals surface area contributed by atoms with Crippen LogP contribution in [-0.4, -0.2) is 23.1 Å². The smallest absolute Gasteiger partial charge is 0.0622 e. The van der Waals surface area contributed by atoms with Gasteiger partial charge in [0, 0.05) is 37.4 Å². The zero-order chi connectivity index (χ0) is 61.6. The summed E-state index contributed by atoms with van der Waals surface area (Å²) in [5.41, 5.74) is 18.8. The minimum atomic E-state index is -2.44. The Balaban J connectivity index is 0.938. The molecule has 0 atom stereocenters. The van der Waals surface area contributed by atoms with E-state index in [1.807, 2.05) is 30.3 Å². The quantitative estimate of drug-likeness (QED) is 0.152. The van der Waals surface area contributed by atoms with Crippen LogP contribution in [0, 0.1) is 10.7 Å². The summed E-state index contributed by atoms with van der Waals surface area (Å²) in [6.45, 7) is 18.1. The molecule has 0 radical (unpaired) electrons. The Morgan fingerprint density at radius 2 is 0.942 bits per heavy atom. The third-order valence-corrected chi connectivity index (χ3v) is 18.6. The SMILES string of the molecule is [2H]C([2H])([2H])c1cc(-n2c3cc(Oc4cc(-n5[c](=[Pt])n(-c6c(-c7ccccc7)cccc6-c6cc(C(C)(C)C)cc(C(C)(C)C)c6)c6ccccc65)cc(C(C)(C)C)c4)ccc3c3cc4c5cccc6c7ccccc7n(c4cc32)c65)ncc1-c1ccccc1. The second-order valence-corrected chi connectivity index (χ2v) is 27.3. The van der Waals surface area contributed by atoms with Gasteiger partial charge in [-0.15, -0.1) is 0 Å². The van der Waals surface area contributed by atoms with E-state index in [1.165, 1.54) is 38.4 Å². The fraction of sp³-hybridized carbons (Fsp3) is 0.165. The van der Waals surface area contributed by atoms with Gasteiger partial charge in [0.15, 0.2) is 0 Å². The summed E-state index contributed by atoms with van der Waals surface area (Å²) in [6.07, 6.45) is 1.72.